The number of carbonyl (C=O) groups excluding carboxylic acids is 2. The first-order valence-electron chi connectivity index (χ1n) is 56.3. The Morgan fingerprint density at radius 1 is 0.282 bits per heavy atom. The van der Waals surface area contributed by atoms with Crippen LogP contribution in [0.15, 0.2) is 289 Å². The number of rotatable bonds is 15. The van der Waals surface area contributed by atoms with Gasteiger partial charge in [0.05, 0.1) is 0 Å². The molecule has 11 aliphatic rings. The van der Waals surface area contributed by atoms with Gasteiger partial charge in [-0.05, 0) is 431 Å². The monoisotopic (exact) mass is 2160 g/mol. The van der Waals surface area contributed by atoms with E-state index in [1.807, 2.05) is 96.1 Å². The van der Waals surface area contributed by atoms with E-state index in [-0.39, 0.29) is 0 Å². The first-order chi connectivity index (χ1) is 72.3. The number of ketones is 2. The van der Waals surface area contributed by atoms with Gasteiger partial charge in [-0.15, -0.1) is 0 Å². The minimum Gasteiger partial charge on any atom is -0.507 e. The molecule has 9 heterocycles. The van der Waals surface area contributed by atoms with E-state index in [0.29, 0.717) is 127 Å². The summed E-state index contributed by atoms with van der Waals surface area (Å²) in [6, 6.07) is 91.6. The van der Waals surface area contributed by atoms with Crippen molar-refractivity contribution in [1.82, 2.24) is 0 Å². The molecule has 2 aliphatic carbocycles. The Hall–Kier alpha value is -7.73. The van der Waals surface area contributed by atoms with Crippen molar-refractivity contribution in [3.63, 3.8) is 0 Å². The Morgan fingerprint density at radius 2 is 0.631 bits per heavy atom. The fraction of sp³-hybridized carbons (Fsp3) is 0.437. The maximum absolute atomic E-state index is 12.3. The zero-order valence-electron chi connectivity index (χ0n) is 91.9. The summed E-state index contributed by atoms with van der Waals surface area (Å²) in [7, 11) is 4.08. The number of aromatic hydroxyl groups is 3. The van der Waals surface area contributed by atoms with E-state index >= 15 is 0 Å². The molecule has 10 unspecified atom stereocenters. The number of Topliss-reactive ketones (excluding diaryl/α,β-unsaturated/α-hetero) is 2. The van der Waals surface area contributed by atoms with Crippen LogP contribution in [-0.2, 0) is 98.1 Å². The normalized spacial score (nSPS) is 22.9. The smallest absolute Gasteiger partial charge is 0.211 e. The maximum atomic E-state index is 12.3. The summed E-state index contributed by atoms with van der Waals surface area (Å²) < 4.78 is 0. The van der Waals surface area contributed by atoms with Gasteiger partial charge in [-0.25, -0.2) is 0 Å². The van der Waals surface area contributed by atoms with Gasteiger partial charge in [0.1, 0.15) is 119 Å². The molecule has 0 radical (unpaired) electrons. The Balaban J connectivity index is 0.000000115. The minimum absolute atomic E-state index is 0.325. The summed E-state index contributed by atoms with van der Waals surface area (Å²) in [5, 5.41) is 46.8. The lowest BCUT2D eigenvalue weighted by atomic mass is 9.82. The number of hydrogen-bond acceptors (Lipinski definition) is 5. The molecule has 10 atom stereocenters. The van der Waals surface area contributed by atoms with Gasteiger partial charge in [0.15, 0.2) is 45.8 Å². The van der Waals surface area contributed by atoms with Gasteiger partial charge in [-0.1, -0.05) is 177 Å². The molecule has 2 saturated carbocycles. The van der Waals surface area contributed by atoms with E-state index in [2.05, 4.69) is 256 Å². The third kappa shape index (κ3) is 28.2. The molecule has 11 fully saturated rings. The van der Waals surface area contributed by atoms with Crippen LogP contribution in [0.4, 0.5) is 0 Å². The molecule has 14 heteroatoms. The van der Waals surface area contributed by atoms with Crippen LogP contribution in [0.1, 0.15) is 239 Å². The van der Waals surface area contributed by atoms with Crippen molar-refractivity contribution >= 4 is 163 Å². The summed E-state index contributed by atoms with van der Waals surface area (Å²) in [4.78, 5) is 34.9. The second-order valence-corrected chi connectivity index (χ2v) is 65.3. The standard InChI is InChI=1S/C20H23S.C18H23S.C16H17OS.2C15H17S.C14H20OS.C13H18OS.C12H16OS.C12H15OS/c1-13-6-9-20(17-5-3-2-4-16(13)17)21-11-18-14-7-8-15(10-14)19(18)12-21;1-3-7-15-8-6-13-19(15)18-12-11-14(2)16-9-4-5-10-17(16)18;17-16(12-18-9-3-4-10-18)15-8-7-13-5-1-2-6-14(13)11-15;2*1-12-8-9-15(16-10-4-5-11-16)14-7-3-2-6-13(12)14;1-9-7-13(8-10(2)14(9)15)16-11(3)5-6-12(16)4;1-9-7-12(8-10(2)13(9)14)15-6-4-5-11(15)3;1-9-7-11(8-10(2)12(9)13)14-5-3-4-6-14;13-12(10-14-8-4-5-9-14)11-6-2-1-3-7-11/h2-6,9,14-15,18-19H,7-8,10-12H2,1H3;4-5,9-12,15H,3,6-8,13H2,1-2H3;1-2,5-8,11H,3-4,9-10,12H2;2*2-3,6-9H,4-5,10-11H2,1H3;7-8,11-12H,5-6H2,1-4H3;7-8,11H,4-6H2,1-3H3;7-8H,3-6H2,1-2H3;1-3,6-7H,4-5,8-10H2/q5*+1;;;;+1/p+3. The summed E-state index contributed by atoms with van der Waals surface area (Å²) in [5.74, 6) is 27.1. The zero-order chi connectivity index (χ0) is 104. The third-order valence-corrected chi connectivity index (χ3v) is 57.0. The Kier molecular flexibility index (Phi) is 40.8. The Labute approximate surface area is 921 Å². The number of phenolic OH excluding ortho intramolecular Hbond substituents is 3. The molecule has 3 N–H and O–H groups in total. The second kappa shape index (κ2) is 54.1. The van der Waals surface area contributed by atoms with Crippen LogP contribution >= 0.6 is 0 Å². The highest BCUT2D eigenvalue weighted by atomic mass is 32.2. The van der Waals surface area contributed by atoms with Crippen molar-refractivity contribution in [3.8, 4) is 17.2 Å². The molecule has 0 spiro atoms. The quantitative estimate of drug-likeness (QED) is 0.0702. The molecule has 149 heavy (non-hydrogen) atoms. The maximum Gasteiger partial charge on any atom is 0.211 e. The van der Waals surface area contributed by atoms with Gasteiger partial charge < -0.3 is 15.3 Å². The fourth-order valence-electron chi connectivity index (χ4n) is 25.0. The number of aryl methyl sites for hydroxylation is 10. The van der Waals surface area contributed by atoms with Gasteiger partial charge in [0, 0.05) is 121 Å². The van der Waals surface area contributed by atoms with Crippen LogP contribution < -0.4 is 0 Å². The average Bonchev–Trinajstić information content (AvgIpc) is 1.59. The van der Waals surface area contributed by atoms with Crippen molar-refractivity contribution in [2.24, 2.45) is 23.7 Å². The van der Waals surface area contributed by atoms with Gasteiger partial charge in [0.2, 0.25) is 11.6 Å². The lowest BCUT2D eigenvalue weighted by molar-refractivity contribution is 0.101. The highest BCUT2D eigenvalue weighted by Gasteiger charge is 2.57. The van der Waals surface area contributed by atoms with Crippen molar-refractivity contribution in [2.45, 2.75) is 287 Å². The van der Waals surface area contributed by atoms with Gasteiger partial charge in [0.25, 0.3) is 0 Å². The van der Waals surface area contributed by atoms with Gasteiger partial charge in [-0.3, -0.25) is 9.59 Å². The Morgan fingerprint density at radius 3 is 1.05 bits per heavy atom. The van der Waals surface area contributed by atoms with Gasteiger partial charge >= 0.3 is 0 Å². The molecular weight excluding hydrogens is 1990 g/mol. The SMILES string of the molecule is CCCC1CCC[S+]1c1ccc(C)c2ccccc12.Cc1cc([S+]2C(C)CCC2C)cc(C)c1O.Cc1cc([S+]2CCCC2)cc(C)c1O.Cc1cc([S+]2CCCC2C)cc(C)c1O.Cc1ccc([S+]2CC3C4CCC(C4)C3C2)c2ccccc12.Cc1ccc([S+]2CCCC2)c2ccccc12.Cc1ccc([S+]2CCCC2)c2ccccc12.O=C(C[S+]1CCCC1)c1ccc2ccccc2c1.O=C(C[S+]1CCCC1)c1ccccc1. The van der Waals surface area contributed by atoms with E-state index < -0.39 is 0 Å². The molecule has 9 aliphatic heterocycles. The van der Waals surface area contributed by atoms with E-state index in [4.69, 9.17) is 0 Å². The van der Waals surface area contributed by atoms with E-state index in [9.17, 15) is 24.9 Å². The summed E-state index contributed by atoms with van der Waals surface area (Å²) in [5.41, 5.74) is 13.6. The number of phenols is 3. The molecule has 9 saturated heterocycles. The van der Waals surface area contributed by atoms with Crippen LogP contribution in [0.2, 0.25) is 0 Å². The largest absolute Gasteiger partial charge is 0.507 e. The molecule has 14 aromatic rings. The van der Waals surface area contributed by atoms with E-state index in [1.54, 1.807) is 26.0 Å². The van der Waals surface area contributed by atoms with Crippen LogP contribution in [0.5, 0.6) is 17.2 Å². The van der Waals surface area contributed by atoms with Crippen LogP contribution in [0, 0.1) is 92.9 Å². The van der Waals surface area contributed by atoms with Crippen molar-refractivity contribution < 1.29 is 24.9 Å². The minimum atomic E-state index is 0.325. The molecular formula is C135H169O5S9+9. The molecule has 14 aromatic carbocycles. The summed E-state index contributed by atoms with van der Waals surface area (Å²) >= 11 is 0. The third-order valence-electron chi connectivity index (χ3n) is 33.4. The predicted octanol–water partition coefficient (Wildman–Crippen LogP) is 32.9. The molecule has 5 nitrogen and oxygen atoms in total. The Bertz CT molecular complexity index is 6650. The summed E-state index contributed by atoms with van der Waals surface area (Å²) in [6.45, 7) is 30.3. The zero-order valence-corrected chi connectivity index (χ0v) is 99.2. The number of hydrogen-bond donors (Lipinski definition) is 3. The fourth-order valence-corrected chi connectivity index (χ4v) is 49.1. The van der Waals surface area contributed by atoms with Crippen LogP contribution in [-0.4, -0.2) is 140 Å². The molecule has 0 aromatic heterocycles. The molecule has 784 valence electrons. The first-order valence-corrected chi connectivity index (χ1v) is 70.3. The number of benzene rings is 14. The summed E-state index contributed by atoms with van der Waals surface area (Å²) in [6.07, 6.45) is 29.4. The van der Waals surface area contributed by atoms with Crippen LogP contribution in [0.3, 0.4) is 0 Å². The van der Waals surface area contributed by atoms with Crippen LogP contribution in [0.25, 0.3) is 53.9 Å². The number of fused-ring (bicyclic) bond motifs is 10. The first kappa shape index (κ1) is 112. The lowest BCUT2D eigenvalue weighted by Gasteiger charge is -2.19. The number of carbonyl (C=O) groups is 2. The lowest BCUT2D eigenvalue weighted by Crippen LogP contribution is -2.19. The molecule has 2 bridgehead atoms. The molecule has 25 rings (SSSR count). The van der Waals surface area contributed by atoms with E-state index in [0.717, 1.165) is 106 Å². The van der Waals surface area contributed by atoms with Crippen molar-refractivity contribution in [1.29, 1.82) is 0 Å². The average molecular weight is 2160 g/mol. The highest BCUT2D eigenvalue weighted by Crippen LogP contribution is 2.58. The van der Waals surface area contributed by atoms with E-state index in [1.165, 1.54) is 294 Å². The van der Waals surface area contributed by atoms with Crippen molar-refractivity contribution in [2.75, 3.05) is 92.0 Å². The predicted molar refractivity (Wildman–Crippen MR) is 667 cm³/mol. The second-order valence-electron chi connectivity index (χ2n) is 44.1. The van der Waals surface area contributed by atoms with Gasteiger partial charge in [-0.2, -0.15) is 0 Å². The van der Waals surface area contributed by atoms with Crippen molar-refractivity contribution in [3.05, 3.63) is 322 Å². The molecule has 0 amide bonds. The topological polar surface area (TPSA) is 94.8 Å². The highest BCUT2D eigenvalue weighted by molar-refractivity contribution is 8.00.